The van der Waals surface area contributed by atoms with E-state index >= 15 is 0 Å². The number of carboxylic acids is 1. The van der Waals surface area contributed by atoms with E-state index < -0.39 is 71.5 Å². The Balaban J connectivity index is 2.42. The summed E-state index contributed by atoms with van der Waals surface area (Å²) in [5, 5.41) is 30.3. The van der Waals surface area contributed by atoms with Crippen molar-refractivity contribution >= 4 is 35.4 Å². The highest BCUT2D eigenvalue weighted by molar-refractivity contribution is 5.96. The Morgan fingerprint density at radius 3 is 1.98 bits per heavy atom. The molecular weight excluding hydrogens is 646 g/mol. The van der Waals surface area contributed by atoms with Crippen molar-refractivity contribution in [3.63, 3.8) is 0 Å². The van der Waals surface area contributed by atoms with E-state index in [9.17, 15) is 39.0 Å². The number of Topliss-reactive ketones (excluding diaryl/α,β-unsaturated/α-hetero) is 1. The van der Waals surface area contributed by atoms with Crippen LogP contribution in [-0.2, 0) is 35.2 Å². The number of nitrogens with one attached hydrogen (secondary N) is 4. The number of phenolic OH excluding ortho intramolecular Hbond substituents is 1. The number of hydrogen-bond donors (Lipinski definition) is 9. The van der Waals surface area contributed by atoms with Crippen molar-refractivity contribution in [1.82, 2.24) is 21.3 Å². The molecule has 4 amide bonds. The molecule has 2 rings (SSSR count). The summed E-state index contributed by atoms with van der Waals surface area (Å²) in [7, 11) is 0. The van der Waals surface area contributed by atoms with Crippen molar-refractivity contribution in [3.8, 4) is 5.75 Å². The predicted octanol–water partition coefficient (Wildman–Crippen LogP) is 0.269. The lowest BCUT2D eigenvalue weighted by Gasteiger charge is -2.27. The molecule has 12 N–H and O–H groups in total. The number of hydrogen-bond acceptors (Lipinski definition) is 10. The van der Waals surface area contributed by atoms with E-state index in [-0.39, 0.29) is 50.7 Å². The molecule has 1 aromatic carbocycles. The van der Waals surface area contributed by atoms with Gasteiger partial charge in [-0.05, 0) is 95.0 Å². The molecule has 50 heavy (non-hydrogen) atoms. The number of nitrogens with two attached hydrogens (primary N) is 3. The number of carboxylic acid groups (broad SMARTS) is 1. The van der Waals surface area contributed by atoms with Gasteiger partial charge in [-0.25, -0.2) is 0 Å². The molecule has 0 aliphatic carbocycles. The number of unbranched alkanes of at least 4 members (excludes halogenated alkanes) is 2. The van der Waals surface area contributed by atoms with E-state index in [4.69, 9.17) is 17.2 Å². The second-order valence-electron chi connectivity index (χ2n) is 12.7. The maximum atomic E-state index is 13.9. The summed E-state index contributed by atoms with van der Waals surface area (Å²) in [6.45, 7) is 2.58. The molecule has 1 aliphatic rings. The third-order valence-electron chi connectivity index (χ3n) is 8.57. The fourth-order valence-corrected chi connectivity index (χ4v) is 5.59. The maximum absolute atomic E-state index is 13.9. The van der Waals surface area contributed by atoms with Crippen molar-refractivity contribution in [2.45, 2.75) is 114 Å². The van der Waals surface area contributed by atoms with Gasteiger partial charge in [-0.2, -0.15) is 0 Å². The summed E-state index contributed by atoms with van der Waals surface area (Å²) in [6, 6.07) is 0.671. The number of carbonyl (C=O) groups is 6. The van der Waals surface area contributed by atoms with Gasteiger partial charge < -0.3 is 48.7 Å². The number of carbonyl (C=O) groups excluding carboxylic acids is 5. The topological polar surface area (TPSA) is 269 Å². The van der Waals surface area contributed by atoms with Crippen LogP contribution in [0.3, 0.4) is 0 Å². The summed E-state index contributed by atoms with van der Waals surface area (Å²) < 4.78 is 0. The summed E-state index contributed by atoms with van der Waals surface area (Å²) in [4.78, 5) is 79.3. The minimum absolute atomic E-state index is 0.00705. The molecule has 6 atom stereocenters. The van der Waals surface area contributed by atoms with Gasteiger partial charge in [0, 0.05) is 6.42 Å². The predicted molar refractivity (Wildman–Crippen MR) is 187 cm³/mol. The van der Waals surface area contributed by atoms with Gasteiger partial charge in [0.05, 0.1) is 18.0 Å². The molecule has 1 aliphatic heterocycles. The van der Waals surface area contributed by atoms with Crippen LogP contribution in [0.1, 0.15) is 83.1 Å². The lowest BCUT2D eigenvalue weighted by atomic mass is 9.91. The van der Waals surface area contributed by atoms with Crippen molar-refractivity contribution in [1.29, 1.82) is 0 Å². The van der Waals surface area contributed by atoms with Crippen LogP contribution in [0.15, 0.2) is 36.4 Å². The average molecular weight is 702 g/mol. The maximum Gasteiger partial charge on any atom is 0.306 e. The van der Waals surface area contributed by atoms with Gasteiger partial charge in [0.25, 0.3) is 0 Å². The third-order valence-corrected chi connectivity index (χ3v) is 8.57. The van der Waals surface area contributed by atoms with Crippen LogP contribution in [0.5, 0.6) is 5.75 Å². The van der Waals surface area contributed by atoms with Crippen LogP contribution in [0.25, 0.3) is 0 Å². The Hall–Kier alpha value is -4.34. The van der Waals surface area contributed by atoms with E-state index in [1.165, 1.54) is 12.1 Å². The van der Waals surface area contributed by atoms with Gasteiger partial charge in [-0.1, -0.05) is 37.6 Å². The van der Waals surface area contributed by atoms with E-state index in [1.807, 2.05) is 6.92 Å². The van der Waals surface area contributed by atoms with Crippen LogP contribution in [0.4, 0.5) is 0 Å². The van der Waals surface area contributed by atoms with Crippen molar-refractivity contribution in [2.24, 2.45) is 23.1 Å². The number of ketones is 1. The van der Waals surface area contributed by atoms with Crippen molar-refractivity contribution in [2.75, 3.05) is 13.1 Å². The highest BCUT2D eigenvalue weighted by atomic mass is 16.4. The minimum atomic E-state index is -1.21. The monoisotopic (exact) mass is 701 g/mol. The first-order chi connectivity index (χ1) is 23.9. The van der Waals surface area contributed by atoms with Crippen LogP contribution in [0.2, 0.25) is 0 Å². The molecular formula is C35H55N7O8. The van der Waals surface area contributed by atoms with Crippen LogP contribution < -0.4 is 38.5 Å². The molecule has 278 valence electrons. The molecule has 0 radical (unpaired) electrons. The highest BCUT2D eigenvalue weighted by Crippen LogP contribution is 2.17. The minimum Gasteiger partial charge on any atom is -0.508 e. The van der Waals surface area contributed by atoms with Gasteiger partial charge >= 0.3 is 5.97 Å². The summed E-state index contributed by atoms with van der Waals surface area (Å²) >= 11 is 0. The first-order valence-corrected chi connectivity index (χ1v) is 17.5. The Morgan fingerprint density at radius 1 is 0.860 bits per heavy atom. The molecule has 15 heteroatoms. The Morgan fingerprint density at radius 2 is 1.42 bits per heavy atom. The lowest BCUT2D eigenvalue weighted by Crippen LogP contribution is -2.58. The first-order valence-electron chi connectivity index (χ1n) is 17.5. The summed E-state index contributed by atoms with van der Waals surface area (Å²) in [5.41, 5.74) is 18.0. The summed E-state index contributed by atoms with van der Waals surface area (Å²) in [6.07, 6.45) is 6.48. The molecule has 0 saturated heterocycles. The molecule has 15 nitrogen and oxygen atoms in total. The first kappa shape index (κ1) is 41.8. The molecule has 1 aromatic rings. The third kappa shape index (κ3) is 14.6. The average Bonchev–Trinajstić information content (AvgIpc) is 3.08. The van der Waals surface area contributed by atoms with Crippen molar-refractivity contribution in [3.05, 3.63) is 42.0 Å². The standard InChI is InChI=1S/C35H55N7O8/c1-2-9-23(35(49)50)21-30(44)29(20-22-14-16-24(43)17-15-22)42-34(48)27-11-4-3-10-25(38)31(45)39-26(12-5-7-18-36)32(46)41-28(33(47)40-27)13-6-8-19-37/h3-4,14-17,23,25-29,43H,2,5-13,18-21,36-38H2,1H3,(H,39,45)(H,40,47)(H,41,46)(H,42,48)(H,49,50)/t23-,25+,26+,27+,28+,29+/m1/s1. The highest BCUT2D eigenvalue weighted by Gasteiger charge is 2.33. The number of aliphatic carboxylic acids is 1. The van der Waals surface area contributed by atoms with Gasteiger partial charge in [-0.3, -0.25) is 28.8 Å². The second kappa shape index (κ2) is 22.4. The zero-order chi connectivity index (χ0) is 37.1. The zero-order valence-electron chi connectivity index (χ0n) is 28.9. The number of phenols is 1. The zero-order valence-corrected chi connectivity index (χ0v) is 28.9. The van der Waals surface area contributed by atoms with Crippen molar-refractivity contribution < 1.29 is 39.0 Å². The Bertz CT molecular complexity index is 1310. The molecule has 0 spiro atoms. The number of aromatic hydroxyl groups is 1. The second-order valence-corrected chi connectivity index (χ2v) is 12.7. The lowest BCUT2D eigenvalue weighted by molar-refractivity contribution is -0.144. The number of benzene rings is 1. The molecule has 0 aromatic heterocycles. The van der Waals surface area contributed by atoms with E-state index in [0.29, 0.717) is 50.8 Å². The number of rotatable bonds is 18. The quantitative estimate of drug-likeness (QED) is 0.0740. The SMILES string of the molecule is CCC[C@H](CC(=O)[C@H](Cc1ccc(O)cc1)NC(=O)[C@@H]1CC=CC[C@H](N)C(=O)N[C@@H](CCCCN)C(=O)N[C@@H](CCCCN)C(=O)N1)C(=O)O. The fourth-order valence-electron chi connectivity index (χ4n) is 5.59. The van der Waals surface area contributed by atoms with E-state index in [1.54, 1.807) is 24.3 Å². The van der Waals surface area contributed by atoms with E-state index in [2.05, 4.69) is 21.3 Å². The Kier molecular flexibility index (Phi) is 18.7. The van der Waals surface area contributed by atoms with Gasteiger partial charge in [0.1, 0.15) is 23.9 Å². The van der Waals surface area contributed by atoms with Gasteiger partial charge in [0.2, 0.25) is 23.6 Å². The molecule has 0 saturated carbocycles. The molecule has 0 fully saturated rings. The van der Waals surface area contributed by atoms with Crippen LogP contribution >= 0.6 is 0 Å². The normalized spacial score (nSPS) is 21.6. The van der Waals surface area contributed by atoms with Gasteiger partial charge in [-0.15, -0.1) is 0 Å². The van der Waals surface area contributed by atoms with Gasteiger partial charge in [0.15, 0.2) is 5.78 Å². The Labute approximate surface area is 293 Å². The molecule has 0 bridgehead atoms. The van der Waals surface area contributed by atoms with E-state index in [0.717, 1.165) is 0 Å². The fraction of sp³-hybridized carbons (Fsp3) is 0.600. The smallest absolute Gasteiger partial charge is 0.306 e. The molecule has 0 unspecified atom stereocenters. The van der Waals surface area contributed by atoms with Crippen LogP contribution in [0, 0.1) is 5.92 Å². The summed E-state index contributed by atoms with van der Waals surface area (Å²) in [5.74, 6) is -5.02. The number of amides is 4. The molecule has 1 heterocycles. The van der Waals surface area contributed by atoms with Crippen LogP contribution in [-0.4, -0.2) is 88.9 Å². The largest absolute Gasteiger partial charge is 0.508 e.